The molecule has 0 bridgehead atoms. The van der Waals surface area contributed by atoms with Gasteiger partial charge in [-0.3, -0.25) is 4.98 Å². The molecule has 0 aliphatic rings. The molecule has 0 radical (unpaired) electrons. The lowest BCUT2D eigenvalue weighted by molar-refractivity contribution is 0.248. The van der Waals surface area contributed by atoms with E-state index in [4.69, 9.17) is 5.11 Å². The largest absolute Gasteiger partial charge is 0.394 e. The van der Waals surface area contributed by atoms with Crippen LogP contribution >= 0.6 is 31.9 Å². The first-order chi connectivity index (χ1) is 6.19. The molecule has 5 heteroatoms. The van der Waals surface area contributed by atoms with Crippen LogP contribution in [0, 0.1) is 0 Å². The summed E-state index contributed by atoms with van der Waals surface area (Å²) in [6.07, 6.45) is 1.71. The standard InChI is InChI=1S/C8H10Br2N2O/c1-11-7(4-13)8-6(10)2-5(9)3-12-8/h2-3,7,11,13H,4H2,1H3. The van der Waals surface area contributed by atoms with Gasteiger partial charge in [0.1, 0.15) is 0 Å². The molecule has 0 aromatic carbocycles. The molecule has 1 rings (SSSR count). The van der Waals surface area contributed by atoms with Gasteiger partial charge in [0.25, 0.3) is 0 Å². The lowest BCUT2D eigenvalue weighted by Crippen LogP contribution is -2.21. The predicted molar refractivity (Wildman–Crippen MR) is 58.5 cm³/mol. The summed E-state index contributed by atoms with van der Waals surface area (Å²) < 4.78 is 1.80. The second kappa shape index (κ2) is 5.05. The van der Waals surface area contributed by atoms with E-state index in [9.17, 15) is 0 Å². The third kappa shape index (κ3) is 2.74. The molecule has 0 aliphatic heterocycles. The fraction of sp³-hybridized carbons (Fsp3) is 0.375. The van der Waals surface area contributed by atoms with Crippen LogP contribution in [0.1, 0.15) is 11.7 Å². The molecular weight excluding hydrogens is 300 g/mol. The fourth-order valence-electron chi connectivity index (χ4n) is 0.996. The SMILES string of the molecule is CNC(CO)c1ncc(Br)cc1Br. The van der Waals surface area contributed by atoms with Crippen LogP contribution in [0.25, 0.3) is 0 Å². The van der Waals surface area contributed by atoms with Gasteiger partial charge in [-0.1, -0.05) is 0 Å². The Bertz CT molecular complexity index is 289. The summed E-state index contributed by atoms with van der Waals surface area (Å²) in [4.78, 5) is 4.20. The number of aliphatic hydroxyl groups excluding tert-OH is 1. The maximum absolute atomic E-state index is 9.04. The molecule has 0 spiro atoms. The van der Waals surface area contributed by atoms with Crippen LogP contribution in [0.4, 0.5) is 0 Å². The van der Waals surface area contributed by atoms with E-state index >= 15 is 0 Å². The van der Waals surface area contributed by atoms with Crippen molar-refractivity contribution in [3.63, 3.8) is 0 Å². The van der Waals surface area contributed by atoms with Crippen molar-refractivity contribution in [2.45, 2.75) is 6.04 Å². The zero-order valence-corrected chi connectivity index (χ0v) is 10.3. The van der Waals surface area contributed by atoms with Gasteiger partial charge in [0.05, 0.1) is 18.3 Å². The van der Waals surface area contributed by atoms with Crippen molar-refractivity contribution >= 4 is 31.9 Å². The smallest absolute Gasteiger partial charge is 0.0739 e. The first kappa shape index (κ1) is 11.1. The molecule has 1 unspecified atom stereocenters. The number of aromatic nitrogens is 1. The molecule has 0 saturated heterocycles. The molecule has 0 fully saturated rings. The Hall–Kier alpha value is 0.0300. The van der Waals surface area contributed by atoms with Crippen LogP contribution in [0.3, 0.4) is 0 Å². The Morgan fingerprint density at radius 3 is 2.77 bits per heavy atom. The van der Waals surface area contributed by atoms with Crippen molar-refractivity contribution in [2.24, 2.45) is 0 Å². The molecule has 0 aliphatic carbocycles. The third-order valence-electron chi connectivity index (χ3n) is 1.70. The minimum absolute atomic E-state index is 0.0315. The molecule has 2 N–H and O–H groups in total. The Morgan fingerprint density at radius 2 is 2.31 bits per heavy atom. The summed E-state index contributed by atoms with van der Waals surface area (Å²) >= 11 is 6.70. The topological polar surface area (TPSA) is 45.1 Å². The minimum Gasteiger partial charge on any atom is -0.394 e. The van der Waals surface area contributed by atoms with Crippen LogP contribution in [-0.4, -0.2) is 23.7 Å². The lowest BCUT2D eigenvalue weighted by Gasteiger charge is -2.13. The molecule has 0 saturated carbocycles. The Morgan fingerprint density at radius 1 is 1.62 bits per heavy atom. The first-order valence-corrected chi connectivity index (χ1v) is 5.36. The van der Waals surface area contributed by atoms with Gasteiger partial charge in [-0.25, -0.2) is 0 Å². The van der Waals surface area contributed by atoms with Crippen LogP contribution in [-0.2, 0) is 0 Å². The molecule has 72 valence electrons. The van der Waals surface area contributed by atoms with Crippen LogP contribution in [0.15, 0.2) is 21.2 Å². The summed E-state index contributed by atoms with van der Waals surface area (Å²) in [5.74, 6) is 0. The van der Waals surface area contributed by atoms with Crippen molar-refractivity contribution in [1.29, 1.82) is 0 Å². The average molecular weight is 310 g/mol. The van der Waals surface area contributed by atoms with E-state index < -0.39 is 0 Å². The molecule has 1 heterocycles. The Labute approximate surface area is 93.8 Å². The van der Waals surface area contributed by atoms with Gasteiger partial charge in [-0.05, 0) is 45.0 Å². The van der Waals surface area contributed by atoms with E-state index in [0.717, 1.165) is 14.6 Å². The molecule has 3 nitrogen and oxygen atoms in total. The van der Waals surface area contributed by atoms with Crippen molar-refractivity contribution < 1.29 is 5.11 Å². The Kier molecular flexibility index (Phi) is 4.31. The maximum atomic E-state index is 9.04. The fourth-order valence-corrected chi connectivity index (χ4v) is 2.26. The van der Waals surface area contributed by atoms with Gasteiger partial charge in [0, 0.05) is 15.1 Å². The number of hydrogen-bond donors (Lipinski definition) is 2. The second-order valence-electron chi connectivity index (χ2n) is 2.54. The molecule has 0 amide bonds. The van der Waals surface area contributed by atoms with Crippen molar-refractivity contribution in [3.05, 3.63) is 26.9 Å². The quantitative estimate of drug-likeness (QED) is 0.896. The zero-order valence-electron chi connectivity index (χ0n) is 7.09. The maximum Gasteiger partial charge on any atom is 0.0739 e. The molecule has 1 aromatic rings. The first-order valence-electron chi connectivity index (χ1n) is 3.78. The molecule has 1 aromatic heterocycles. The summed E-state index contributed by atoms with van der Waals surface area (Å²) in [6, 6.07) is 1.78. The summed E-state index contributed by atoms with van der Waals surface area (Å²) in [6.45, 7) is 0.0315. The van der Waals surface area contributed by atoms with E-state index in [1.807, 2.05) is 6.07 Å². The highest BCUT2D eigenvalue weighted by molar-refractivity contribution is 9.11. The Balaban J connectivity index is 2.99. The molecule has 1 atom stereocenters. The number of hydrogen-bond acceptors (Lipinski definition) is 3. The number of aliphatic hydroxyl groups is 1. The zero-order chi connectivity index (χ0) is 9.84. The van der Waals surface area contributed by atoms with Gasteiger partial charge < -0.3 is 10.4 Å². The van der Waals surface area contributed by atoms with Gasteiger partial charge in [-0.2, -0.15) is 0 Å². The molecular formula is C8H10Br2N2O. The van der Waals surface area contributed by atoms with E-state index in [0.29, 0.717) is 0 Å². The van der Waals surface area contributed by atoms with Crippen LogP contribution < -0.4 is 5.32 Å². The number of pyridine rings is 1. The van der Waals surface area contributed by atoms with Gasteiger partial charge in [0.2, 0.25) is 0 Å². The molecule has 13 heavy (non-hydrogen) atoms. The highest BCUT2D eigenvalue weighted by Crippen LogP contribution is 2.23. The summed E-state index contributed by atoms with van der Waals surface area (Å²) in [7, 11) is 1.79. The lowest BCUT2D eigenvalue weighted by atomic mass is 10.2. The van der Waals surface area contributed by atoms with Gasteiger partial charge >= 0.3 is 0 Å². The van der Waals surface area contributed by atoms with Crippen LogP contribution in [0.5, 0.6) is 0 Å². The monoisotopic (exact) mass is 308 g/mol. The summed E-state index contributed by atoms with van der Waals surface area (Å²) in [5, 5.41) is 12.0. The van der Waals surface area contributed by atoms with E-state index in [1.165, 1.54) is 0 Å². The van der Waals surface area contributed by atoms with Crippen LogP contribution in [0.2, 0.25) is 0 Å². The van der Waals surface area contributed by atoms with Crippen molar-refractivity contribution in [2.75, 3.05) is 13.7 Å². The third-order valence-corrected chi connectivity index (χ3v) is 2.77. The van der Waals surface area contributed by atoms with Gasteiger partial charge in [0.15, 0.2) is 0 Å². The normalized spacial score (nSPS) is 12.9. The number of nitrogens with zero attached hydrogens (tertiary/aromatic N) is 1. The number of rotatable bonds is 3. The highest BCUT2D eigenvalue weighted by Gasteiger charge is 2.12. The highest BCUT2D eigenvalue weighted by atomic mass is 79.9. The van der Waals surface area contributed by atoms with Crippen molar-refractivity contribution in [3.8, 4) is 0 Å². The summed E-state index contributed by atoms with van der Waals surface area (Å²) in [5.41, 5.74) is 0.813. The van der Waals surface area contributed by atoms with Gasteiger partial charge in [-0.15, -0.1) is 0 Å². The minimum atomic E-state index is -0.123. The predicted octanol–water partition coefficient (Wildman–Crippen LogP) is 1.86. The number of halogens is 2. The van der Waals surface area contributed by atoms with E-state index in [-0.39, 0.29) is 12.6 Å². The van der Waals surface area contributed by atoms with Crippen molar-refractivity contribution in [1.82, 2.24) is 10.3 Å². The second-order valence-corrected chi connectivity index (χ2v) is 4.31. The number of nitrogens with one attached hydrogen (secondary N) is 1. The number of likely N-dealkylation sites (N-methyl/N-ethyl adjacent to an activating group) is 1. The van der Waals surface area contributed by atoms with E-state index in [1.54, 1.807) is 13.2 Å². The average Bonchev–Trinajstić information content (AvgIpc) is 2.10. The van der Waals surface area contributed by atoms with E-state index in [2.05, 4.69) is 42.2 Å².